The van der Waals surface area contributed by atoms with Crippen LogP contribution in [0.1, 0.15) is 70.9 Å². The molecule has 2 saturated carbocycles. The van der Waals surface area contributed by atoms with Crippen LogP contribution in [-0.4, -0.2) is 92.7 Å². The second-order valence-electron chi connectivity index (χ2n) is 14.1. The maximum absolute atomic E-state index is 14.4. The summed E-state index contributed by atoms with van der Waals surface area (Å²) in [5.74, 6) is -4.62. The average molecular weight is 752 g/mol. The lowest BCUT2D eigenvalue weighted by molar-refractivity contribution is -0.143. The van der Waals surface area contributed by atoms with E-state index in [0.29, 0.717) is 38.5 Å². The van der Waals surface area contributed by atoms with Crippen LogP contribution in [0.3, 0.4) is 0 Å². The van der Waals surface area contributed by atoms with Crippen LogP contribution in [0.2, 0.25) is 0 Å². The first kappa shape index (κ1) is 37.2. The molecule has 4 amide bonds. The number of fused-ring (bicyclic) bond motifs is 3. The van der Waals surface area contributed by atoms with Crippen LogP contribution >= 0.6 is 0 Å². The van der Waals surface area contributed by atoms with E-state index in [0.717, 1.165) is 4.90 Å². The molecule has 4 heterocycles. The summed E-state index contributed by atoms with van der Waals surface area (Å²) in [5.41, 5.74) is -3.41. The first-order chi connectivity index (χ1) is 24.5. The molecule has 3 fully saturated rings. The highest BCUT2D eigenvalue weighted by Crippen LogP contribution is 2.46. The van der Waals surface area contributed by atoms with Crippen LogP contribution in [0.5, 0.6) is 5.88 Å². The molecule has 4 aliphatic rings. The van der Waals surface area contributed by atoms with Crippen molar-refractivity contribution in [1.82, 2.24) is 35.2 Å². The zero-order valence-corrected chi connectivity index (χ0v) is 29.2. The number of hydrogen-bond donors (Lipinski definition) is 4. The van der Waals surface area contributed by atoms with E-state index in [9.17, 15) is 45.9 Å². The van der Waals surface area contributed by atoms with Gasteiger partial charge in [-0.15, -0.1) is 0 Å². The molecule has 2 aromatic rings. The van der Waals surface area contributed by atoms with Gasteiger partial charge in [-0.1, -0.05) is 32.4 Å². The molecule has 0 bridgehead atoms. The summed E-state index contributed by atoms with van der Waals surface area (Å²) in [6.45, 7) is 3.31. The van der Waals surface area contributed by atoms with Gasteiger partial charge in [-0.05, 0) is 62.5 Å². The normalized spacial score (nSPS) is 30.0. The van der Waals surface area contributed by atoms with Gasteiger partial charge in [-0.25, -0.2) is 23.2 Å². The van der Waals surface area contributed by atoms with Crippen LogP contribution in [0, 0.1) is 17.8 Å². The Morgan fingerprint density at radius 2 is 1.92 bits per heavy atom. The number of sulfonamides is 1. The lowest BCUT2D eigenvalue weighted by Gasteiger charge is -2.33. The SMILES string of the molecule is CC[C@@H]1C[C@H](C)CCC=C[C@@H]2C[C@@]2(C(=O)NS(=O)(=O)C2CC2)NC(=O)[C@@H]2C[C@@H](Oc3nc4ncccc4nc3C(F)(F)F)CN2C(=O)[C@H]1NC(=O)O. The van der Waals surface area contributed by atoms with Gasteiger partial charge in [-0.2, -0.15) is 18.2 Å². The van der Waals surface area contributed by atoms with E-state index >= 15 is 0 Å². The second-order valence-corrected chi connectivity index (χ2v) is 16.1. The number of amides is 4. The Hall–Kier alpha value is -4.55. The second kappa shape index (κ2) is 14.1. The lowest BCUT2D eigenvalue weighted by Crippen LogP contribution is -2.59. The van der Waals surface area contributed by atoms with Gasteiger partial charge in [0, 0.05) is 18.5 Å². The quantitative estimate of drug-likeness (QED) is 0.302. The number of carbonyl (C=O) groups is 4. The number of halogens is 3. The number of alkyl halides is 3. The Morgan fingerprint density at radius 3 is 2.60 bits per heavy atom. The summed E-state index contributed by atoms with van der Waals surface area (Å²) in [4.78, 5) is 66.8. The van der Waals surface area contributed by atoms with Crippen molar-refractivity contribution in [3.63, 3.8) is 0 Å². The van der Waals surface area contributed by atoms with E-state index in [2.05, 4.69) is 30.3 Å². The van der Waals surface area contributed by atoms with Gasteiger partial charge in [0.05, 0.1) is 11.8 Å². The minimum Gasteiger partial charge on any atom is -0.471 e. The fraction of sp³-hybridized carbons (Fsp3) is 0.606. The van der Waals surface area contributed by atoms with Crippen LogP contribution in [0.15, 0.2) is 30.5 Å². The third-order valence-electron chi connectivity index (χ3n) is 10.2. The number of allylic oxidation sites excluding steroid dienone is 1. The molecule has 0 aromatic carbocycles. The molecule has 1 saturated heterocycles. The van der Waals surface area contributed by atoms with Crippen molar-refractivity contribution in [2.24, 2.45) is 17.8 Å². The van der Waals surface area contributed by atoms with Gasteiger partial charge in [0.15, 0.2) is 5.65 Å². The molecule has 2 aliphatic heterocycles. The molecule has 0 spiro atoms. The van der Waals surface area contributed by atoms with E-state index in [1.807, 2.05) is 13.0 Å². The Balaban J connectivity index is 1.37. The van der Waals surface area contributed by atoms with Gasteiger partial charge in [0.1, 0.15) is 29.2 Å². The number of pyridine rings is 1. The smallest absolute Gasteiger partial charge is 0.438 e. The van der Waals surface area contributed by atoms with Crippen molar-refractivity contribution in [1.29, 1.82) is 0 Å². The molecule has 2 aliphatic carbocycles. The number of nitrogens with zero attached hydrogens (tertiary/aromatic N) is 4. The van der Waals surface area contributed by atoms with Gasteiger partial charge in [0.25, 0.3) is 5.91 Å². The molecule has 2 aromatic heterocycles. The Kier molecular flexibility index (Phi) is 10.1. The molecule has 0 unspecified atom stereocenters. The molecule has 6 rings (SSSR count). The van der Waals surface area contributed by atoms with E-state index in [-0.39, 0.29) is 29.9 Å². The number of nitrogens with one attached hydrogen (secondary N) is 3. The largest absolute Gasteiger partial charge is 0.471 e. The van der Waals surface area contributed by atoms with E-state index in [1.165, 1.54) is 18.3 Å². The minimum atomic E-state index is -5.00. The van der Waals surface area contributed by atoms with Crippen LogP contribution < -0.4 is 20.1 Å². The maximum atomic E-state index is 14.4. The number of ether oxygens (including phenoxy) is 1. The molecular formula is C33H40F3N7O8S. The zero-order valence-electron chi connectivity index (χ0n) is 28.4. The first-order valence-corrected chi connectivity index (χ1v) is 18.8. The maximum Gasteiger partial charge on any atom is 0.438 e. The first-order valence-electron chi connectivity index (χ1n) is 17.2. The standard InChI is InChI=1S/C33H40F3N7O8S/c1-3-18-13-17(2)7-4-5-8-19-15-32(19,30(46)42-52(49,50)21-10-11-21)41-27(44)23-14-20(16-43(23)29(45)24(18)39-31(47)48)51-28-25(33(34,35)36)38-22-9-6-12-37-26(22)40-28/h5-6,8-9,12,17-21,23-24,39H,3-4,7,10-11,13-16H2,1-2H3,(H,41,44)(H,42,46)(H,47,48)/t17-,18-,19-,20-,23+,24+,32-/m1/s1. The minimum absolute atomic E-state index is 0.0210. The fourth-order valence-corrected chi connectivity index (χ4v) is 8.52. The topological polar surface area (TPSA) is 210 Å². The summed E-state index contributed by atoms with van der Waals surface area (Å²) in [6, 6.07) is -0.0897. The van der Waals surface area contributed by atoms with Crippen LogP contribution in [0.4, 0.5) is 18.0 Å². The number of carbonyl (C=O) groups excluding carboxylic acids is 3. The number of aromatic nitrogens is 3. The van der Waals surface area contributed by atoms with E-state index in [4.69, 9.17) is 4.74 Å². The number of rotatable bonds is 7. The van der Waals surface area contributed by atoms with Crippen LogP contribution in [0.25, 0.3) is 11.2 Å². The Labute approximate surface area is 297 Å². The summed E-state index contributed by atoms with van der Waals surface area (Å²) in [5, 5.41) is 14.0. The van der Waals surface area contributed by atoms with Crippen LogP contribution in [-0.2, 0) is 30.6 Å². The van der Waals surface area contributed by atoms with Crippen molar-refractivity contribution >= 4 is 45.0 Å². The molecule has 0 radical (unpaired) electrons. The monoisotopic (exact) mass is 751 g/mol. The molecule has 282 valence electrons. The van der Waals surface area contributed by atoms with E-state index < -0.39 is 98.9 Å². The molecule has 19 heteroatoms. The highest BCUT2D eigenvalue weighted by molar-refractivity contribution is 7.91. The Morgan fingerprint density at radius 1 is 1.17 bits per heavy atom. The fourth-order valence-electron chi connectivity index (χ4n) is 7.15. The van der Waals surface area contributed by atoms with Crippen molar-refractivity contribution in [3.8, 4) is 5.88 Å². The molecule has 4 N–H and O–H groups in total. The predicted octanol–water partition coefficient (Wildman–Crippen LogP) is 2.91. The van der Waals surface area contributed by atoms with Gasteiger partial charge >= 0.3 is 12.3 Å². The van der Waals surface area contributed by atoms with Crippen molar-refractivity contribution in [2.75, 3.05) is 6.54 Å². The summed E-state index contributed by atoms with van der Waals surface area (Å²) < 4.78 is 75.9. The number of carboxylic acid groups (broad SMARTS) is 1. The van der Waals surface area contributed by atoms with Gasteiger partial charge < -0.3 is 25.4 Å². The molecule has 7 atom stereocenters. The highest BCUT2D eigenvalue weighted by atomic mass is 32.2. The molecule has 52 heavy (non-hydrogen) atoms. The third kappa shape index (κ3) is 7.78. The summed E-state index contributed by atoms with van der Waals surface area (Å²) in [6.07, 6.45) is -0.324. The summed E-state index contributed by atoms with van der Waals surface area (Å²) in [7, 11) is -4.00. The Bertz CT molecular complexity index is 1890. The van der Waals surface area contributed by atoms with Crippen molar-refractivity contribution in [2.45, 2.75) is 100 Å². The van der Waals surface area contributed by atoms with Gasteiger partial charge in [0.2, 0.25) is 33.4 Å². The lowest BCUT2D eigenvalue weighted by atomic mass is 9.85. The number of hydrogen-bond acceptors (Lipinski definition) is 10. The van der Waals surface area contributed by atoms with Gasteiger partial charge in [-0.3, -0.25) is 19.1 Å². The van der Waals surface area contributed by atoms with Crippen molar-refractivity contribution < 1.29 is 50.6 Å². The summed E-state index contributed by atoms with van der Waals surface area (Å²) >= 11 is 0. The molecular weight excluding hydrogens is 711 g/mol. The predicted molar refractivity (Wildman–Crippen MR) is 177 cm³/mol. The zero-order chi connectivity index (χ0) is 37.6. The van der Waals surface area contributed by atoms with E-state index in [1.54, 1.807) is 13.0 Å². The molecule has 15 nitrogen and oxygen atoms in total. The third-order valence-corrected chi connectivity index (χ3v) is 12.0. The van der Waals surface area contributed by atoms with Crippen molar-refractivity contribution in [3.05, 3.63) is 36.2 Å². The average Bonchev–Trinajstić information content (AvgIpc) is 4.00. The highest BCUT2D eigenvalue weighted by Gasteiger charge is 2.62.